The Morgan fingerprint density at radius 3 is 2.46 bits per heavy atom. The van der Waals surface area contributed by atoms with Gasteiger partial charge in [-0.2, -0.15) is 0 Å². The van der Waals surface area contributed by atoms with Crippen LogP contribution in [0.15, 0.2) is 48.5 Å². The van der Waals surface area contributed by atoms with Gasteiger partial charge in [0.1, 0.15) is 0 Å². The molecule has 5 rings (SSSR count). The van der Waals surface area contributed by atoms with E-state index in [0.717, 1.165) is 42.7 Å². The standard InChI is InChI=1S/C29H36Cl3N3O4/c30-29(31,32)28(37)33-23-6-3-5-22(15-23)27-38-25(16-26(39-27)21-10-8-20(19-36)9-11-21)18-35-14-4-7-24(35)17-34-12-1-2-13-34/h3,5-6,8-11,15,24-27,36H,1-2,4,7,12-14,16-19H2,(H,33,37)/t24-,25-,26+,27+/m0/s1. The first kappa shape index (κ1) is 29.1. The van der Waals surface area contributed by atoms with Crippen LogP contribution in [-0.2, 0) is 20.9 Å². The van der Waals surface area contributed by atoms with Crippen molar-refractivity contribution in [1.82, 2.24) is 9.80 Å². The van der Waals surface area contributed by atoms with E-state index in [-0.39, 0.29) is 18.8 Å². The van der Waals surface area contributed by atoms with Crippen LogP contribution >= 0.6 is 34.8 Å². The zero-order valence-electron chi connectivity index (χ0n) is 21.9. The fourth-order valence-corrected chi connectivity index (χ4v) is 6.01. The molecule has 0 bridgehead atoms. The highest BCUT2D eigenvalue weighted by Crippen LogP contribution is 2.39. The lowest BCUT2D eigenvalue weighted by Gasteiger charge is -2.39. The maximum atomic E-state index is 12.2. The van der Waals surface area contributed by atoms with E-state index in [0.29, 0.717) is 11.7 Å². The number of ether oxygens (including phenoxy) is 2. The molecule has 0 saturated carbocycles. The predicted molar refractivity (Wildman–Crippen MR) is 154 cm³/mol. The Morgan fingerprint density at radius 1 is 0.974 bits per heavy atom. The van der Waals surface area contributed by atoms with E-state index in [1.165, 1.54) is 38.8 Å². The highest BCUT2D eigenvalue weighted by Gasteiger charge is 2.36. The monoisotopic (exact) mass is 595 g/mol. The highest BCUT2D eigenvalue weighted by molar-refractivity contribution is 6.76. The van der Waals surface area contributed by atoms with Crippen molar-refractivity contribution in [1.29, 1.82) is 0 Å². The fourth-order valence-electron chi connectivity index (χ4n) is 5.87. The maximum Gasteiger partial charge on any atom is 0.276 e. The molecule has 3 heterocycles. The van der Waals surface area contributed by atoms with E-state index in [4.69, 9.17) is 44.3 Å². The first-order chi connectivity index (χ1) is 18.8. The van der Waals surface area contributed by atoms with E-state index in [1.54, 1.807) is 12.1 Å². The van der Waals surface area contributed by atoms with Crippen LogP contribution < -0.4 is 5.32 Å². The van der Waals surface area contributed by atoms with E-state index in [9.17, 15) is 9.90 Å². The third kappa shape index (κ3) is 7.66. The number of carbonyl (C=O) groups excluding carboxylic acids is 1. The largest absolute Gasteiger partial charge is 0.392 e. The molecule has 4 atom stereocenters. The molecular formula is C29H36Cl3N3O4. The Labute approximate surface area is 245 Å². The van der Waals surface area contributed by atoms with Gasteiger partial charge in [0.15, 0.2) is 6.29 Å². The quantitative estimate of drug-likeness (QED) is 0.387. The molecule has 2 aromatic carbocycles. The van der Waals surface area contributed by atoms with Crippen LogP contribution in [0.2, 0.25) is 0 Å². The zero-order valence-corrected chi connectivity index (χ0v) is 24.2. The molecule has 39 heavy (non-hydrogen) atoms. The average molecular weight is 597 g/mol. The van der Waals surface area contributed by atoms with Gasteiger partial charge in [-0.25, -0.2) is 0 Å². The van der Waals surface area contributed by atoms with Gasteiger partial charge in [-0.1, -0.05) is 71.2 Å². The number of alkyl halides is 3. The number of likely N-dealkylation sites (tertiary alicyclic amines) is 2. The molecular weight excluding hydrogens is 561 g/mol. The molecule has 0 unspecified atom stereocenters. The zero-order chi connectivity index (χ0) is 27.4. The van der Waals surface area contributed by atoms with E-state index in [1.807, 2.05) is 36.4 Å². The average Bonchev–Trinajstić information content (AvgIpc) is 3.61. The number of aliphatic hydroxyl groups excluding tert-OH is 1. The number of carbonyl (C=O) groups is 1. The van der Waals surface area contributed by atoms with Crippen LogP contribution in [0.5, 0.6) is 0 Å². The van der Waals surface area contributed by atoms with E-state index < -0.39 is 16.0 Å². The second-order valence-corrected chi connectivity index (χ2v) is 13.0. The molecule has 10 heteroatoms. The molecule has 0 radical (unpaired) electrons. The Hall–Kier alpha value is -1.42. The lowest BCUT2D eigenvalue weighted by atomic mass is 9.99. The summed E-state index contributed by atoms with van der Waals surface area (Å²) < 4.78 is 11.0. The van der Waals surface area contributed by atoms with Crippen LogP contribution in [0, 0.1) is 0 Å². The van der Waals surface area contributed by atoms with E-state index >= 15 is 0 Å². The van der Waals surface area contributed by atoms with Gasteiger partial charge in [0.2, 0.25) is 0 Å². The summed E-state index contributed by atoms with van der Waals surface area (Å²) >= 11 is 17.2. The number of rotatable bonds is 8. The van der Waals surface area contributed by atoms with Crippen molar-refractivity contribution in [3.05, 3.63) is 65.2 Å². The molecule has 0 aromatic heterocycles. The minimum absolute atomic E-state index is 0.000234. The molecule has 3 aliphatic heterocycles. The Kier molecular flexibility index (Phi) is 9.73. The van der Waals surface area contributed by atoms with Crippen LogP contribution in [0.3, 0.4) is 0 Å². The Bertz CT molecular complexity index is 1110. The maximum absolute atomic E-state index is 12.2. The minimum atomic E-state index is -2.06. The molecule has 212 valence electrons. The predicted octanol–water partition coefficient (Wildman–Crippen LogP) is 5.59. The number of anilines is 1. The summed E-state index contributed by atoms with van der Waals surface area (Å²) in [6.07, 6.45) is 4.92. The normalized spacial score (nSPS) is 26.7. The van der Waals surface area contributed by atoms with E-state index in [2.05, 4.69) is 15.1 Å². The molecule has 2 N–H and O–H groups in total. The van der Waals surface area contributed by atoms with Crippen molar-refractivity contribution < 1.29 is 19.4 Å². The van der Waals surface area contributed by atoms with Gasteiger partial charge in [-0.15, -0.1) is 0 Å². The third-order valence-electron chi connectivity index (χ3n) is 7.89. The number of halogens is 3. The van der Waals surface area contributed by atoms with Crippen molar-refractivity contribution in [3.63, 3.8) is 0 Å². The van der Waals surface area contributed by atoms with Crippen molar-refractivity contribution in [2.45, 2.75) is 67.0 Å². The van der Waals surface area contributed by atoms with Gasteiger partial charge in [0.25, 0.3) is 9.70 Å². The van der Waals surface area contributed by atoms with Gasteiger partial charge in [-0.3, -0.25) is 9.69 Å². The fraction of sp³-hybridized carbons (Fsp3) is 0.552. The molecule has 7 nitrogen and oxygen atoms in total. The number of nitrogens with one attached hydrogen (secondary N) is 1. The molecule has 3 saturated heterocycles. The summed E-state index contributed by atoms with van der Waals surface area (Å²) in [6, 6.07) is 15.7. The Balaban J connectivity index is 1.34. The Morgan fingerprint density at radius 2 is 1.74 bits per heavy atom. The summed E-state index contributed by atoms with van der Waals surface area (Å²) in [5.41, 5.74) is 3.17. The van der Waals surface area contributed by atoms with Crippen molar-refractivity contribution in [2.75, 3.05) is 38.0 Å². The van der Waals surface area contributed by atoms with Crippen molar-refractivity contribution in [3.8, 4) is 0 Å². The summed E-state index contributed by atoms with van der Waals surface area (Å²) in [7, 11) is 0. The molecule has 3 fully saturated rings. The third-order valence-corrected chi connectivity index (χ3v) is 8.41. The van der Waals surface area contributed by atoms with Crippen LogP contribution in [-0.4, -0.2) is 69.5 Å². The van der Waals surface area contributed by atoms with Crippen molar-refractivity contribution >= 4 is 46.4 Å². The topological polar surface area (TPSA) is 74.3 Å². The second-order valence-electron chi connectivity index (χ2n) is 10.7. The van der Waals surface area contributed by atoms with Crippen molar-refractivity contribution in [2.24, 2.45) is 0 Å². The number of amides is 1. The lowest BCUT2D eigenvalue weighted by Crippen LogP contribution is -2.45. The van der Waals surface area contributed by atoms with Crippen LogP contribution in [0.25, 0.3) is 0 Å². The number of benzene rings is 2. The SMILES string of the molecule is O=C(Nc1cccc([C@@H]2O[C@H](CN3CCC[C@H]3CN3CCCC3)C[C@H](c3ccc(CO)cc3)O2)c1)C(Cl)(Cl)Cl. The van der Waals surface area contributed by atoms with Gasteiger partial charge in [0.05, 0.1) is 18.8 Å². The molecule has 2 aromatic rings. The highest BCUT2D eigenvalue weighted by atomic mass is 35.6. The minimum Gasteiger partial charge on any atom is -0.392 e. The summed E-state index contributed by atoms with van der Waals surface area (Å²) in [5, 5.41) is 12.1. The van der Waals surface area contributed by atoms with Gasteiger partial charge in [-0.05, 0) is 68.6 Å². The summed E-state index contributed by atoms with van der Waals surface area (Å²) in [6.45, 7) is 5.46. The second kappa shape index (κ2) is 13.0. The summed E-state index contributed by atoms with van der Waals surface area (Å²) in [5.74, 6) is -0.729. The summed E-state index contributed by atoms with van der Waals surface area (Å²) in [4.78, 5) is 17.4. The van der Waals surface area contributed by atoms with Gasteiger partial charge in [0, 0.05) is 36.8 Å². The number of hydrogen-bond acceptors (Lipinski definition) is 6. The van der Waals surface area contributed by atoms with Gasteiger partial charge >= 0.3 is 0 Å². The lowest BCUT2D eigenvalue weighted by molar-refractivity contribution is -0.253. The molecule has 0 spiro atoms. The first-order valence-electron chi connectivity index (χ1n) is 13.7. The number of nitrogens with zero attached hydrogens (tertiary/aromatic N) is 2. The smallest absolute Gasteiger partial charge is 0.276 e. The van der Waals surface area contributed by atoms with Crippen LogP contribution in [0.1, 0.15) is 61.2 Å². The first-order valence-corrected chi connectivity index (χ1v) is 14.9. The number of aliphatic hydroxyl groups is 1. The molecule has 1 amide bonds. The molecule has 3 aliphatic rings. The van der Waals surface area contributed by atoms with Gasteiger partial charge < -0.3 is 24.8 Å². The van der Waals surface area contributed by atoms with Crippen LogP contribution in [0.4, 0.5) is 5.69 Å². The number of hydrogen-bond donors (Lipinski definition) is 2. The molecule has 0 aliphatic carbocycles.